The molecule has 2 amide bonds. The molecule has 21 heavy (non-hydrogen) atoms. The topological polar surface area (TPSA) is 46.6 Å². The Labute approximate surface area is 126 Å². The van der Waals surface area contributed by atoms with Crippen LogP contribution in [0, 0.1) is 0 Å². The minimum absolute atomic E-state index is 0.240. The van der Waals surface area contributed by atoms with Crippen LogP contribution in [0.2, 0.25) is 5.02 Å². The molecule has 0 atom stereocenters. The van der Waals surface area contributed by atoms with E-state index in [2.05, 4.69) is 0 Å². The van der Waals surface area contributed by atoms with E-state index in [9.17, 15) is 9.59 Å². The van der Waals surface area contributed by atoms with Crippen LogP contribution in [0.4, 0.5) is 4.79 Å². The molecule has 0 aromatic heterocycles. The summed E-state index contributed by atoms with van der Waals surface area (Å²) in [4.78, 5) is 25.2. The van der Waals surface area contributed by atoms with E-state index in [1.165, 1.54) is 0 Å². The second-order valence-electron chi connectivity index (χ2n) is 4.63. The van der Waals surface area contributed by atoms with Crippen molar-refractivity contribution in [1.82, 2.24) is 4.90 Å². The molecule has 0 N–H and O–H groups in total. The summed E-state index contributed by atoms with van der Waals surface area (Å²) in [7, 11) is 0. The number of carbonyl (C=O) groups is 2. The average Bonchev–Trinajstić information content (AvgIpc) is 2.93. The minimum Gasteiger partial charge on any atom is -0.447 e. The van der Waals surface area contributed by atoms with Gasteiger partial charge in [0.2, 0.25) is 0 Å². The largest absolute Gasteiger partial charge is 0.447 e. The summed E-state index contributed by atoms with van der Waals surface area (Å²) in [6, 6.07) is 14.4. The minimum atomic E-state index is -0.596. The van der Waals surface area contributed by atoms with Gasteiger partial charge in [0.05, 0.1) is 6.54 Å². The predicted octanol–water partition coefficient (Wildman–Crippen LogP) is 3.60. The fraction of sp³-hybridized carbons (Fsp3) is 0.125. The van der Waals surface area contributed by atoms with Gasteiger partial charge in [-0.05, 0) is 29.3 Å². The number of rotatable bonds is 2. The molecule has 0 bridgehead atoms. The van der Waals surface area contributed by atoms with E-state index < -0.39 is 6.09 Å². The third kappa shape index (κ3) is 2.62. The monoisotopic (exact) mass is 301 g/mol. The van der Waals surface area contributed by atoms with Crippen molar-refractivity contribution in [2.24, 2.45) is 0 Å². The lowest BCUT2D eigenvalue weighted by Crippen LogP contribution is -2.31. The van der Waals surface area contributed by atoms with E-state index in [4.69, 9.17) is 16.3 Å². The van der Waals surface area contributed by atoms with E-state index in [1.54, 1.807) is 24.3 Å². The number of benzene rings is 2. The molecule has 1 aliphatic heterocycles. The lowest BCUT2D eigenvalue weighted by molar-refractivity contribution is 0.0810. The first-order valence-corrected chi connectivity index (χ1v) is 6.88. The van der Waals surface area contributed by atoms with Gasteiger partial charge in [-0.2, -0.15) is 0 Å². The number of carbonyl (C=O) groups excluding carboxylic acids is 2. The maximum Gasteiger partial charge on any atom is 0.416 e. The van der Waals surface area contributed by atoms with Crippen LogP contribution in [0.3, 0.4) is 0 Å². The van der Waals surface area contributed by atoms with E-state index in [-0.39, 0.29) is 19.1 Å². The second-order valence-corrected chi connectivity index (χ2v) is 5.06. The van der Waals surface area contributed by atoms with E-state index in [1.807, 2.05) is 24.3 Å². The molecule has 1 fully saturated rings. The highest BCUT2D eigenvalue weighted by Gasteiger charge is 2.30. The SMILES string of the molecule is O=C1OCCN1C(=O)c1ccccc1-c1cccc(Cl)c1. The zero-order valence-electron chi connectivity index (χ0n) is 11.1. The van der Waals surface area contributed by atoms with Gasteiger partial charge in [0.1, 0.15) is 6.61 Å². The first-order valence-electron chi connectivity index (χ1n) is 6.50. The molecule has 1 heterocycles. The molecule has 0 radical (unpaired) electrons. The zero-order valence-corrected chi connectivity index (χ0v) is 11.8. The van der Waals surface area contributed by atoms with Gasteiger partial charge in [-0.3, -0.25) is 4.79 Å². The molecule has 4 nitrogen and oxygen atoms in total. The van der Waals surface area contributed by atoms with Crippen molar-refractivity contribution >= 4 is 23.6 Å². The zero-order chi connectivity index (χ0) is 14.8. The number of amides is 2. The third-order valence-electron chi connectivity index (χ3n) is 3.30. The van der Waals surface area contributed by atoms with Crippen molar-refractivity contribution in [3.8, 4) is 11.1 Å². The lowest BCUT2D eigenvalue weighted by Gasteiger charge is -2.14. The van der Waals surface area contributed by atoms with Crippen molar-refractivity contribution < 1.29 is 14.3 Å². The first kappa shape index (κ1) is 13.6. The van der Waals surface area contributed by atoms with Gasteiger partial charge in [-0.1, -0.05) is 41.9 Å². The van der Waals surface area contributed by atoms with E-state index in [0.717, 1.165) is 16.0 Å². The number of cyclic esters (lactones) is 1. The summed E-state index contributed by atoms with van der Waals surface area (Å²) in [5, 5.41) is 0.593. The second kappa shape index (κ2) is 5.58. The molecule has 0 saturated carbocycles. The Morgan fingerprint density at radius 2 is 1.95 bits per heavy atom. The van der Waals surface area contributed by atoms with Gasteiger partial charge >= 0.3 is 6.09 Å². The highest BCUT2D eigenvalue weighted by atomic mass is 35.5. The summed E-state index contributed by atoms with van der Waals surface area (Å²) in [6.45, 7) is 0.519. The van der Waals surface area contributed by atoms with Crippen LogP contribution in [0.5, 0.6) is 0 Å². The fourth-order valence-electron chi connectivity index (χ4n) is 2.30. The Kier molecular flexibility index (Phi) is 3.62. The van der Waals surface area contributed by atoms with Gasteiger partial charge in [0, 0.05) is 10.6 Å². The number of imide groups is 1. The van der Waals surface area contributed by atoms with Crippen LogP contribution in [0.15, 0.2) is 48.5 Å². The molecule has 3 rings (SSSR count). The van der Waals surface area contributed by atoms with Crippen LogP contribution < -0.4 is 0 Å². The van der Waals surface area contributed by atoms with Gasteiger partial charge in [0.25, 0.3) is 5.91 Å². The maximum absolute atomic E-state index is 12.5. The Balaban J connectivity index is 2.04. The van der Waals surface area contributed by atoms with Crippen LogP contribution in [-0.4, -0.2) is 30.1 Å². The maximum atomic E-state index is 12.5. The van der Waals surface area contributed by atoms with Gasteiger partial charge < -0.3 is 4.74 Å². The quantitative estimate of drug-likeness (QED) is 0.851. The Bertz CT molecular complexity index is 714. The standard InChI is InChI=1S/C16H12ClNO3/c17-12-5-3-4-11(10-12)13-6-1-2-7-14(13)15(19)18-8-9-21-16(18)20/h1-7,10H,8-9H2. The van der Waals surface area contributed by atoms with E-state index >= 15 is 0 Å². The highest BCUT2D eigenvalue weighted by molar-refractivity contribution is 6.30. The summed E-state index contributed by atoms with van der Waals surface area (Å²) in [6.07, 6.45) is -0.596. The number of hydrogen-bond donors (Lipinski definition) is 0. The summed E-state index contributed by atoms with van der Waals surface area (Å²) < 4.78 is 4.82. The molecule has 0 unspecified atom stereocenters. The number of nitrogens with zero attached hydrogens (tertiary/aromatic N) is 1. The molecule has 106 valence electrons. The van der Waals surface area contributed by atoms with Gasteiger partial charge in [-0.25, -0.2) is 9.69 Å². The first-order chi connectivity index (χ1) is 10.2. The fourth-order valence-corrected chi connectivity index (χ4v) is 2.49. The number of ether oxygens (including phenoxy) is 1. The molecule has 0 spiro atoms. The van der Waals surface area contributed by atoms with Crippen molar-refractivity contribution in [3.63, 3.8) is 0 Å². The van der Waals surface area contributed by atoms with Crippen molar-refractivity contribution in [1.29, 1.82) is 0 Å². The van der Waals surface area contributed by atoms with Crippen LogP contribution in [0.25, 0.3) is 11.1 Å². The van der Waals surface area contributed by atoms with Crippen LogP contribution >= 0.6 is 11.6 Å². The van der Waals surface area contributed by atoms with Crippen LogP contribution in [0.1, 0.15) is 10.4 Å². The van der Waals surface area contributed by atoms with Crippen molar-refractivity contribution in [2.75, 3.05) is 13.2 Å². The molecular formula is C16H12ClNO3. The Morgan fingerprint density at radius 3 is 2.67 bits per heavy atom. The lowest BCUT2D eigenvalue weighted by atomic mass is 9.99. The Morgan fingerprint density at radius 1 is 1.14 bits per heavy atom. The molecule has 5 heteroatoms. The molecule has 2 aromatic carbocycles. The highest BCUT2D eigenvalue weighted by Crippen LogP contribution is 2.27. The molecule has 2 aromatic rings. The van der Waals surface area contributed by atoms with Crippen molar-refractivity contribution in [2.45, 2.75) is 0 Å². The summed E-state index contributed by atoms with van der Waals surface area (Å²) >= 11 is 6.01. The van der Waals surface area contributed by atoms with Gasteiger partial charge in [0.15, 0.2) is 0 Å². The predicted molar refractivity (Wildman–Crippen MR) is 79.3 cm³/mol. The van der Waals surface area contributed by atoms with Crippen molar-refractivity contribution in [3.05, 3.63) is 59.1 Å². The Hall–Kier alpha value is -2.33. The molecule has 0 aliphatic carbocycles. The number of halogens is 1. The smallest absolute Gasteiger partial charge is 0.416 e. The molecule has 1 aliphatic rings. The summed E-state index contributed by atoms with van der Waals surface area (Å²) in [5.41, 5.74) is 2.03. The van der Waals surface area contributed by atoms with Gasteiger partial charge in [-0.15, -0.1) is 0 Å². The molecular weight excluding hydrogens is 290 g/mol. The van der Waals surface area contributed by atoms with E-state index in [0.29, 0.717) is 10.6 Å². The average molecular weight is 302 g/mol. The third-order valence-corrected chi connectivity index (χ3v) is 3.53. The molecule has 1 saturated heterocycles. The normalized spacial score (nSPS) is 14.1. The number of hydrogen-bond acceptors (Lipinski definition) is 3. The van der Waals surface area contributed by atoms with Crippen LogP contribution in [-0.2, 0) is 4.74 Å². The summed E-state index contributed by atoms with van der Waals surface area (Å²) in [5.74, 6) is -0.354.